The number of alkyl halides is 3. The van der Waals surface area contributed by atoms with E-state index in [1.807, 2.05) is 0 Å². The summed E-state index contributed by atoms with van der Waals surface area (Å²) in [5.41, 5.74) is 3.62. The maximum Gasteiger partial charge on any atom is 0.416 e. The third kappa shape index (κ3) is 4.21. The summed E-state index contributed by atoms with van der Waals surface area (Å²) in [6, 6.07) is 1.66. The number of nitrogens with two attached hydrogens (primary N) is 1. The molecule has 1 unspecified atom stereocenters. The summed E-state index contributed by atoms with van der Waals surface area (Å²) in [4.78, 5) is 23.0. The molecule has 1 rings (SSSR count). The van der Waals surface area contributed by atoms with Gasteiger partial charge >= 0.3 is 6.18 Å². The summed E-state index contributed by atoms with van der Waals surface area (Å²) >= 11 is 0. The van der Waals surface area contributed by atoms with E-state index in [1.165, 1.54) is 0 Å². The summed E-state index contributed by atoms with van der Waals surface area (Å²) in [6.45, 7) is 5.17. The highest BCUT2D eigenvalue weighted by atomic mass is 19.4. The molecule has 3 N–H and O–H groups in total. The molecule has 116 valence electrons. The smallest absolute Gasteiger partial charge is 0.398 e. The van der Waals surface area contributed by atoms with Gasteiger partial charge in [-0.1, -0.05) is 20.8 Å². The highest BCUT2D eigenvalue weighted by molar-refractivity contribution is 6.00. The molecule has 0 fully saturated rings. The van der Waals surface area contributed by atoms with Crippen LogP contribution in [0.15, 0.2) is 18.2 Å². The Bertz CT molecular complexity index is 548. The molecule has 1 aromatic carbocycles. The molecule has 1 atom stereocenters. The highest BCUT2D eigenvalue weighted by Gasteiger charge is 2.32. The van der Waals surface area contributed by atoms with Crippen LogP contribution in [-0.4, -0.2) is 18.2 Å². The number of nitrogens with one attached hydrogen (secondary N) is 1. The van der Waals surface area contributed by atoms with Gasteiger partial charge in [0.2, 0.25) is 0 Å². The number of hydrogen-bond donors (Lipinski definition) is 2. The van der Waals surface area contributed by atoms with Gasteiger partial charge in [-0.3, -0.25) is 4.79 Å². The number of anilines is 1. The Morgan fingerprint density at radius 3 is 2.29 bits per heavy atom. The maximum absolute atomic E-state index is 12.7. The lowest BCUT2D eigenvalue weighted by atomic mass is 9.87. The molecule has 7 heteroatoms. The average molecular weight is 302 g/mol. The van der Waals surface area contributed by atoms with E-state index in [0.29, 0.717) is 12.4 Å². The second-order valence-electron chi connectivity index (χ2n) is 5.75. The fourth-order valence-corrected chi connectivity index (χ4v) is 1.60. The molecule has 1 aromatic rings. The summed E-state index contributed by atoms with van der Waals surface area (Å²) in [7, 11) is 0. The highest BCUT2D eigenvalue weighted by Crippen LogP contribution is 2.31. The fraction of sp³-hybridized carbons (Fsp3) is 0.429. The van der Waals surface area contributed by atoms with Crippen molar-refractivity contribution in [2.45, 2.75) is 33.0 Å². The van der Waals surface area contributed by atoms with Gasteiger partial charge in [0.25, 0.3) is 5.91 Å². The van der Waals surface area contributed by atoms with E-state index in [-0.39, 0.29) is 11.3 Å². The minimum Gasteiger partial charge on any atom is -0.398 e. The van der Waals surface area contributed by atoms with E-state index >= 15 is 0 Å². The van der Waals surface area contributed by atoms with Crippen molar-refractivity contribution in [2.24, 2.45) is 5.41 Å². The zero-order chi connectivity index (χ0) is 16.4. The van der Waals surface area contributed by atoms with Crippen LogP contribution in [-0.2, 0) is 11.0 Å². The molecule has 0 bridgehead atoms. The van der Waals surface area contributed by atoms with E-state index in [4.69, 9.17) is 5.73 Å². The van der Waals surface area contributed by atoms with Gasteiger partial charge in [-0.25, -0.2) is 0 Å². The van der Waals surface area contributed by atoms with Crippen molar-refractivity contribution in [3.8, 4) is 0 Å². The monoisotopic (exact) mass is 302 g/mol. The SMILES string of the molecule is CC(C)(C)C(C=O)NC(=O)c1cc(C(F)(F)F)ccc1N. The molecule has 0 aliphatic carbocycles. The zero-order valence-corrected chi connectivity index (χ0v) is 11.9. The molecule has 0 saturated carbocycles. The molecule has 0 saturated heterocycles. The van der Waals surface area contributed by atoms with E-state index in [0.717, 1.165) is 12.1 Å². The number of amides is 1. The first-order valence-corrected chi connectivity index (χ1v) is 6.19. The number of carbonyl (C=O) groups is 2. The molecule has 0 radical (unpaired) electrons. The zero-order valence-electron chi connectivity index (χ0n) is 11.9. The summed E-state index contributed by atoms with van der Waals surface area (Å²) in [6.07, 6.45) is -4.03. The van der Waals surface area contributed by atoms with Gasteiger partial charge in [-0.15, -0.1) is 0 Å². The number of carbonyl (C=O) groups excluding carboxylic acids is 2. The fourth-order valence-electron chi connectivity index (χ4n) is 1.60. The quantitative estimate of drug-likeness (QED) is 0.666. The minimum atomic E-state index is -4.57. The Morgan fingerprint density at radius 1 is 1.29 bits per heavy atom. The Hall–Kier alpha value is -2.05. The van der Waals surface area contributed by atoms with Crippen LogP contribution >= 0.6 is 0 Å². The molecule has 4 nitrogen and oxygen atoms in total. The number of rotatable bonds is 3. The third-order valence-electron chi connectivity index (χ3n) is 2.98. The Labute approximate surface area is 120 Å². The van der Waals surface area contributed by atoms with E-state index in [9.17, 15) is 22.8 Å². The predicted octanol–water partition coefficient (Wildman–Crippen LogP) is 2.63. The molecule has 21 heavy (non-hydrogen) atoms. The molecule has 0 aromatic heterocycles. The normalized spacial score (nSPS) is 13.6. The summed E-state index contributed by atoms with van der Waals surface area (Å²) < 4.78 is 38.0. The van der Waals surface area contributed by atoms with Gasteiger partial charge in [-0.2, -0.15) is 13.2 Å². The van der Waals surface area contributed by atoms with Crippen molar-refractivity contribution in [1.82, 2.24) is 5.32 Å². The lowest BCUT2D eigenvalue weighted by molar-refractivity contribution is -0.137. The first-order valence-electron chi connectivity index (χ1n) is 6.19. The summed E-state index contributed by atoms with van der Waals surface area (Å²) in [5.74, 6) is -0.814. The molecule has 0 spiro atoms. The molecule has 0 aliphatic rings. The second kappa shape index (κ2) is 5.75. The number of halogens is 3. The van der Waals surface area contributed by atoms with Gasteiger partial charge in [0, 0.05) is 5.69 Å². The van der Waals surface area contributed by atoms with E-state index < -0.39 is 29.1 Å². The number of nitrogen functional groups attached to an aromatic ring is 1. The molecule has 1 amide bonds. The number of aldehydes is 1. The first kappa shape index (κ1) is 17.0. The Kier molecular flexibility index (Phi) is 4.65. The number of benzene rings is 1. The predicted molar refractivity (Wildman–Crippen MR) is 72.6 cm³/mol. The Balaban J connectivity index is 3.10. The maximum atomic E-state index is 12.7. The van der Waals surface area contributed by atoms with Crippen LogP contribution in [0.25, 0.3) is 0 Å². The number of hydrogen-bond acceptors (Lipinski definition) is 3. The lowest BCUT2D eigenvalue weighted by Crippen LogP contribution is -2.45. The van der Waals surface area contributed by atoms with Crippen molar-refractivity contribution in [1.29, 1.82) is 0 Å². The van der Waals surface area contributed by atoms with Crippen LogP contribution in [0.3, 0.4) is 0 Å². The van der Waals surface area contributed by atoms with Crippen molar-refractivity contribution >= 4 is 17.9 Å². The van der Waals surface area contributed by atoms with E-state index in [2.05, 4.69) is 5.32 Å². The van der Waals surface area contributed by atoms with Crippen molar-refractivity contribution in [2.75, 3.05) is 5.73 Å². The van der Waals surface area contributed by atoms with Gasteiger partial charge in [0.05, 0.1) is 17.2 Å². The van der Waals surface area contributed by atoms with Crippen LogP contribution in [0.4, 0.5) is 18.9 Å². The largest absolute Gasteiger partial charge is 0.416 e. The van der Waals surface area contributed by atoms with Crippen molar-refractivity contribution < 1.29 is 22.8 Å². The molecule has 0 heterocycles. The van der Waals surface area contributed by atoms with Gasteiger partial charge in [-0.05, 0) is 23.6 Å². The van der Waals surface area contributed by atoms with Crippen LogP contribution in [0.2, 0.25) is 0 Å². The van der Waals surface area contributed by atoms with Crippen molar-refractivity contribution in [3.05, 3.63) is 29.3 Å². The van der Waals surface area contributed by atoms with E-state index in [1.54, 1.807) is 20.8 Å². The third-order valence-corrected chi connectivity index (χ3v) is 2.98. The second-order valence-corrected chi connectivity index (χ2v) is 5.75. The van der Waals surface area contributed by atoms with Gasteiger partial charge < -0.3 is 15.8 Å². The van der Waals surface area contributed by atoms with Crippen LogP contribution in [0.5, 0.6) is 0 Å². The van der Waals surface area contributed by atoms with Crippen LogP contribution < -0.4 is 11.1 Å². The lowest BCUT2D eigenvalue weighted by Gasteiger charge is -2.27. The molecule has 0 aliphatic heterocycles. The standard InChI is InChI=1S/C14H17F3N2O2/c1-13(2,3)11(7-20)19-12(21)9-6-8(14(15,16)17)4-5-10(9)18/h4-7,11H,18H2,1-3H3,(H,19,21). The topological polar surface area (TPSA) is 72.2 Å². The molecular formula is C14H17F3N2O2. The van der Waals surface area contributed by atoms with Crippen molar-refractivity contribution in [3.63, 3.8) is 0 Å². The first-order chi connectivity index (χ1) is 9.46. The minimum absolute atomic E-state index is 0.0842. The summed E-state index contributed by atoms with van der Waals surface area (Å²) in [5, 5.41) is 2.39. The average Bonchev–Trinajstić information content (AvgIpc) is 2.33. The van der Waals surface area contributed by atoms with Crippen LogP contribution in [0.1, 0.15) is 36.7 Å². The molecular weight excluding hydrogens is 285 g/mol. The van der Waals surface area contributed by atoms with Crippen LogP contribution in [0, 0.1) is 5.41 Å². The Morgan fingerprint density at radius 2 is 1.86 bits per heavy atom. The van der Waals surface area contributed by atoms with Gasteiger partial charge in [0.1, 0.15) is 6.29 Å². The van der Waals surface area contributed by atoms with Gasteiger partial charge in [0.15, 0.2) is 0 Å².